The van der Waals surface area contributed by atoms with Crippen LogP contribution in [0.1, 0.15) is 51.2 Å². The van der Waals surface area contributed by atoms with Crippen LogP contribution in [0.4, 0.5) is 5.13 Å². The predicted octanol–water partition coefficient (Wildman–Crippen LogP) is 3.04. The molecule has 1 aromatic rings. The molecule has 1 atom stereocenters. The number of nitrogens with zero attached hydrogens (tertiary/aromatic N) is 3. The number of nitrogens with one attached hydrogen (secondary N) is 1. The van der Waals surface area contributed by atoms with Gasteiger partial charge in [-0.2, -0.15) is 0 Å². The zero-order valence-corrected chi connectivity index (χ0v) is 15.2. The molecule has 0 bridgehead atoms. The number of hydrogen-bond acceptors (Lipinski definition) is 5. The fourth-order valence-electron chi connectivity index (χ4n) is 2.90. The monoisotopic (exact) mass is 310 g/mol. The molecule has 0 saturated carbocycles. The molecule has 1 saturated heterocycles. The zero-order chi connectivity index (χ0) is 15.6. The van der Waals surface area contributed by atoms with Gasteiger partial charge in [0.15, 0.2) is 5.13 Å². The van der Waals surface area contributed by atoms with Gasteiger partial charge in [0.1, 0.15) is 0 Å². The van der Waals surface area contributed by atoms with Crippen LogP contribution in [-0.4, -0.2) is 48.1 Å². The van der Waals surface area contributed by atoms with Crippen LogP contribution in [0.15, 0.2) is 0 Å². The van der Waals surface area contributed by atoms with Crippen LogP contribution in [-0.2, 0) is 0 Å². The minimum Gasteiger partial charge on any atom is -0.346 e. The van der Waals surface area contributed by atoms with Crippen LogP contribution in [0.25, 0.3) is 0 Å². The minimum atomic E-state index is 0.273. The van der Waals surface area contributed by atoms with Crippen molar-refractivity contribution in [2.45, 2.75) is 53.1 Å². The van der Waals surface area contributed by atoms with E-state index in [-0.39, 0.29) is 5.54 Å². The molecule has 2 rings (SSSR count). The van der Waals surface area contributed by atoms with E-state index in [2.05, 4.69) is 56.7 Å². The van der Waals surface area contributed by atoms with Crippen molar-refractivity contribution >= 4 is 16.5 Å². The molecule has 1 aromatic heterocycles. The van der Waals surface area contributed by atoms with Crippen LogP contribution in [0.3, 0.4) is 0 Å². The highest BCUT2D eigenvalue weighted by Crippen LogP contribution is 2.31. The summed E-state index contributed by atoms with van der Waals surface area (Å²) in [5.74, 6) is 0. The van der Waals surface area contributed by atoms with Gasteiger partial charge in [0.05, 0.1) is 5.69 Å². The molecule has 1 fully saturated rings. The lowest BCUT2D eigenvalue weighted by Gasteiger charge is -2.42. The van der Waals surface area contributed by atoms with Crippen molar-refractivity contribution in [2.75, 3.05) is 37.6 Å². The number of rotatable bonds is 4. The summed E-state index contributed by atoms with van der Waals surface area (Å²) in [6.45, 7) is 18.8. The van der Waals surface area contributed by atoms with Crippen molar-refractivity contribution in [3.8, 4) is 0 Å². The third-order valence-electron chi connectivity index (χ3n) is 4.22. The third-order valence-corrected chi connectivity index (χ3v) is 5.62. The van der Waals surface area contributed by atoms with E-state index >= 15 is 0 Å². The van der Waals surface area contributed by atoms with Gasteiger partial charge >= 0.3 is 0 Å². The molecule has 0 radical (unpaired) electrons. The van der Waals surface area contributed by atoms with E-state index in [1.165, 1.54) is 15.7 Å². The van der Waals surface area contributed by atoms with Crippen molar-refractivity contribution in [3.05, 3.63) is 10.6 Å². The second-order valence-electron chi connectivity index (χ2n) is 6.87. The Kier molecular flexibility index (Phi) is 5.28. The van der Waals surface area contributed by atoms with E-state index in [9.17, 15) is 0 Å². The van der Waals surface area contributed by atoms with Crippen molar-refractivity contribution < 1.29 is 0 Å². The summed E-state index contributed by atoms with van der Waals surface area (Å²) >= 11 is 1.86. The molecule has 21 heavy (non-hydrogen) atoms. The molecule has 4 nitrogen and oxygen atoms in total. The maximum atomic E-state index is 4.81. The summed E-state index contributed by atoms with van der Waals surface area (Å²) in [7, 11) is 0. The number of thiazole rings is 1. The molecule has 120 valence electrons. The normalized spacial score (nSPS) is 19.0. The van der Waals surface area contributed by atoms with Gasteiger partial charge in [-0.3, -0.25) is 4.90 Å². The number of aryl methyl sites for hydroxylation is 1. The highest BCUT2D eigenvalue weighted by Gasteiger charge is 2.27. The first-order valence-electron chi connectivity index (χ1n) is 8.03. The largest absolute Gasteiger partial charge is 0.346 e. The van der Waals surface area contributed by atoms with Gasteiger partial charge in [-0.1, -0.05) is 6.92 Å². The molecule has 0 aliphatic carbocycles. The van der Waals surface area contributed by atoms with Gasteiger partial charge in [-0.05, 0) is 41.2 Å². The Balaban J connectivity index is 2.03. The van der Waals surface area contributed by atoms with Crippen LogP contribution < -0.4 is 10.2 Å². The van der Waals surface area contributed by atoms with E-state index in [1.54, 1.807) is 0 Å². The van der Waals surface area contributed by atoms with Gasteiger partial charge in [-0.15, -0.1) is 11.3 Å². The summed E-state index contributed by atoms with van der Waals surface area (Å²) in [5.41, 5.74) is 1.46. The van der Waals surface area contributed by atoms with E-state index in [0.29, 0.717) is 6.04 Å². The second kappa shape index (κ2) is 6.63. The number of piperazine rings is 1. The molecule has 1 aliphatic heterocycles. The molecule has 1 N–H and O–H groups in total. The van der Waals surface area contributed by atoms with Gasteiger partial charge in [0.2, 0.25) is 0 Å². The molecule has 1 aliphatic rings. The first kappa shape index (κ1) is 16.7. The highest BCUT2D eigenvalue weighted by atomic mass is 32.1. The van der Waals surface area contributed by atoms with Crippen LogP contribution in [0.5, 0.6) is 0 Å². The van der Waals surface area contributed by atoms with Gasteiger partial charge in [0.25, 0.3) is 0 Å². The quantitative estimate of drug-likeness (QED) is 0.926. The molecule has 0 amide bonds. The van der Waals surface area contributed by atoms with Gasteiger partial charge < -0.3 is 10.2 Å². The van der Waals surface area contributed by atoms with Crippen LogP contribution in [0.2, 0.25) is 0 Å². The summed E-state index contributed by atoms with van der Waals surface area (Å²) in [4.78, 5) is 11.2. The average molecular weight is 311 g/mol. The Labute approximate surface area is 133 Å². The number of anilines is 1. The Morgan fingerprint density at radius 2 is 1.86 bits per heavy atom. The minimum absolute atomic E-state index is 0.273. The summed E-state index contributed by atoms with van der Waals surface area (Å²) in [6.07, 6.45) is 0. The second-order valence-corrected chi connectivity index (χ2v) is 7.88. The average Bonchev–Trinajstić information content (AvgIpc) is 2.80. The van der Waals surface area contributed by atoms with Crippen molar-refractivity contribution in [1.82, 2.24) is 15.2 Å². The number of aromatic nitrogens is 1. The maximum Gasteiger partial charge on any atom is 0.185 e. The summed E-state index contributed by atoms with van der Waals surface area (Å²) in [5, 5.41) is 4.68. The number of hydrogen-bond donors (Lipinski definition) is 1. The molecule has 0 spiro atoms. The first-order valence-corrected chi connectivity index (χ1v) is 8.85. The Hall–Kier alpha value is -0.650. The van der Waals surface area contributed by atoms with Crippen molar-refractivity contribution in [2.24, 2.45) is 0 Å². The van der Waals surface area contributed by atoms with E-state index in [4.69, 9.17) is 4.98 Å². The van der Waals surface area contributed by atoms with Crippen LogP contribution in [0, 0.1) is 6.92 Å². The van der Waals surface area contributed by atoms with Crippen molar-refractivity contribution in [3.63, 3.8) is 0 Å². The Morgan fingerprint density at radius 3 is 2.38 bits per heavy atom. The highest BCUT2D eigenvalue weighted by molar-refractivity contribution is 7.15. The Morgan fingerprint density at radius 1 is 1.24 bits per heavy atom. The lowest BCUT2D eigenvalue weighted by molar-refractivity contribution is 0.128. The van der Waals surface area contributed by atoms with Crippen molar-refractivity contribution in [1.29, 1.82) is 0 Å². The first-order chi connectivity index (χ1) is 9.82. The standard InChI is InChI=1S/C16H30N4S/c1-7-17-12(2)14-13(3)18-15(21-14)19-8-10-20(11-9-19)16(4,5)6/h12,17H,7-11H2,1-6H3. The molecular formula is C16H30N4S. The van der Waals surface area contributed by atoms with E-state index in [0.717, 1.165) is 32.7 Å². The molecule has 5 heteroatoms. The molecule has 0 aromatic carbocycles. The molecular weight excluding hydrogens is 280 g/mol. The lowest BCUT2D eigenvalue weighted by Crippen LogP contribution is -2.53. The van der Waals surface area contributed by atoms with Crippen LogP contribution >= 0.6 is 11.3 Å². The van der Waals surface area contributed by atoms with E-state index in [1.807, 2.05) is 11.3 Å². The Bertz CT molecular complexity index is 455. The lowest BCUT2D eigenvalue weighted by atomic mass is 10.1. The fraction of sp³-hybridized carbons (Fsp3) is 0.812. The SMILES string of the molecule is CCNC(C)c1sc(N2CCN(C(C)(C)C)CC2)nc1C. The molecule has 1 unspecified atom stereocenters. The fourth-order valence-corrected chi connectivity index (χ4v) is 4.04. The maximum absolute atomic E-state index is 4.81. The van der Waals surface area contributed by atoms with Gasteiger partial charge in [0, 0.05) is 42.6 Å². The van der Waals surface area contributed by atoms with Gasteiger partial charge in [-0.25, -0.2) is 4.98 Å². The third kappa shape index (κ3) is 3.96. The topological polar surface area (TPSA) is 31.4 Å². The summed E-state index contributed by atoms with van der Waals surface area (Å²) < 4.78 is 0. The smallest absolute Gasteiger partial charge is 0.185 e. The zero-order valence-electron chi connectivity index (χ0n) is 14.4. The molecule has 2 heterocycles. The van der Waals surface area contributed by atoms with E-state index < -0.39 is 0 Å². The predicted molar refractivity (Wildman–Crippen MR) is 92.5 cm³/mol. The summed E-state index contributed by atoms with van der Waals surface area (Å²) in [6, 6.07) is 0.400.